The molecule has 1 heterocycles. The molecule has 0 saturated carbocycles. The second-order valence-corrected chi connectivity index (χ2v) is 5.03. The summed E-state index contributed by atoms with van der Waals surface area (Å²) in [6.07, 6.45) is 1.16. The van der Waals surface area contributed by atoms with E-state index in [-0.39, 0.29) is 11.5 Å². The molecule has 1 aromatic rings. The molecule has 5 heteroatoms. The number of aromatic nitrogens is 2. The molecule has 1 aromatic heterocycles. The second-order valence-electron chi connectivity index (χ2n) is 5.03. The molecule has 0 unspecified atom stereocenters. The SMILES string of the molecule is CCCN(CC)CCNc1cc(=O)[nH]c(C(C)C)n1. The smallest absolute Gasteiger partial charge is 0.252 e. The number of likely N-dealkylation sites (N-methyl/N-ethyl adjacent to an activating group) is 1. The first-order valence-electron chi connectivity index (χ1n) is 7.14. The zero-order valence-electron chi connectivity index (χ0n) is 12.5. The lowest BCUT2D eigenvalue weighted by Crippen LogP contribution is -2.30. The summed E-state index contributed by atoms with van der Waals surface area (Å²) in [5.41, 5.74) is -0.0953. The molecule has 0 saturated heterocycles. The Morgan fingerprint density at radius 1 is 1.37 bits per heavy atom. The van der Waals surface area contributed by atoms with E-state index in [2.05, 4.69) is 34.0 Å². The predicted molar refractivity (Wildman–Crippen MR) is 79.8 cm³/mol. The zero-order valence-corrected chi connectivity index (χ0v) is 12.5. The average Bonchev–Trinajstić information content (AvgIpc) is 2.37. The summed E-state index contributed by atoms with van der Waals surface area (Å²) >= 11 is 0. The van der Waals surface area contributed by atoms with E-state index in [0.29, 0.717) is 5.82 Å². The van der Waals surface area contributed by atoms with Gasteiger partial charge in [0.05, 0.1) is 0 Å². The van der Waals surface area contributed by atoms with Crippen LogP contribution >= 0.6 is 0 Å². The van der Waals surface area contributed by atoms with Crippen LogP contribution in [0.3, 0.4) is 0 Å². The van der Waals surface area contributed by atoms with Gasteiger partial charge in [-0.25, -0.2) is 4.98 Å². The van der Waals surface area contributed by atoms with Crippen LogP contribution in [0.1, 0.15) is 45.9 Å². The molecule has 0 aliphatic rings. The second kappa shape index (κ2) is 7.94. The lowest BCUT2D eigenvalue weighted by molar-refractivity contribution is 0.300. The molecule has 0 aliphatic heterocycles. The first-order chi connectivity index (χ1) is 9.06. The molecule has 0 bridgehead atoms. The number of hydrogen-bond donors (Lipinski definition) is 2. The molecule has 0 radical (unpaired) electrons. The molecular weight excluding hydrogens is 240 g/mol. The lowest BCUT2D eigenvalue weighted by atomic mass is 10.2. The monoisotopic (exact) mass is 266 g/mol. The fourth-order valence-electron chi connectivity index (χ4n) is 1.93. The van der Waals surface area contributed by atoms with Crippen LogP contribution in [0.2, 0.25) is 0 Å². The Labute approximate surface area is 115 Å². The summed E-state index contributed by atoms with van der Waals surface area (Å²) in [6, 6.07) is 1.52. The van der Waals surface area contributed by atoms with Gasteiger partial charge in [0.2, 0.25) is 0 Å². The van der Waals surface area contributed by atoms with Crippen LogP contribution in [0.4, 0.5) is 5.82 Å². The van der Waals surface area contributed by atoms with Gasteiger partial charge in [-0.15, -0.1) is 0 Å². The zero-order chi connectivity index (χ0) is 14.3. The lowest BCUT2D eigenvalue weighted by Gasteiger charge is -2.19. The minimum absolute atomic E-state index is 0.0953. The molecular formula is C14H26N4O. The summed E-state index contributed by atoms with van der Waals surface area (Å²) in [7, 11) is 0. The van der Waals surface area contributed by atoms with E-state index in [1.807, 2.05) is 13.8 Å². The van der Waals surface area contributed by atoms with Crippen LogP contribution in [-0.2, 0) is 0 Å². The van der Waals surface area contributed by atoms with Crippen LogP contribution in [0, 0.1) is 0 Å². The van der Waals surface area contributed by atoms with Gasteiger partial charge in [-0.05, 0) is 19.5 Å². The van der Waals surface area contributed by atoms with Crippen molar-refractivity contribution in [3.63, 3.8) is 0 Å². The minimum atomic E-state index is -0.0953. The Morgan fingerprint density at radius 3 is 2.68 bits per heavy atom. The van der Waals surface area contributed by atoms with Gasteiger partial charge in [-0.2, -0.15) is 0 Å². The normalized spacial score (nSPS) is 11.3. The van der Waals surface area contributed by atoms with Gasteiger partial charge in [-0.3, -0.25) is 4.79 Å². The van der Waals surface area contributed by atoms with E-state index in [9.17, 15) is 4.79 Å². The summed E-state index contributed by atoms with van der Waals surface area (Å²) in [5.74, 6) is 1.62. The fourth-order valence-corrected chi connectivity index (χ4v) is 1.93. The summed E-state index contributed by atoms with van der Waals surface area (Å²) in [5, 5.41) is 3.23. The Bertz CT molecular complexity index is 428. The molecule has 108 valence electrons. The third kappa shape index (κ3) is 5.42. The highest BCUT2D eigenvalue weighted by Gasteiger charge is 2.05. The van der Waals surface area contributed by atoms with Crippen LogP contribution in [0.5, 0.6) is 0 Å². The van der Waals surface area contributed by atoms with Crippen molar-refractivity contribution in [2.45, 2.75) is 40.0 Å². The Hall–Kier alpha value is -1.36. The van der Waals surface area contributed by atoms with E-state index < -0.39 is 0 Å². The van der Waals surface area contributed by atoms with Crippen LogP contribution in [-0.4, -0.2) is 41.0 Å². The van der Waals surface area contributed by atoms with Gasteiger partial charge in [0.15, 0.2) is 0 Å². The maximum absolute atomic E-state index is 11.5. The number of hydrogen-bond acceptors (Lipinski definition) is 4. The van der Waals surface area contributed by atoms with E-state index in [4.69, 9.17) is 0 Å². The Morgan fingerprint density at radius 2 is 2.11 bits per heavy atom. The van der Waals surface area contributed by atoms with Gasteiger partial charge in [0, 0.05) is 25.1 Å². The number of nitrogens with one attached hydrogen (secondary N) is 2. The molecule has 1 rings (SSSR count). The largest absolute Gasteiger partial charge is 0.369 e. The van der Waals surface area contributed by atoms with Gasteiger partial charge in [-0.1, -0.05) is 27.7 Å². The molecule has 0 amide bonds. The first kappa shape index (κ1) is 15.7. The van der Waals surface area contributed by atoms with Gasteiger partial charge >= 0.3 is 0 Å². The van der Waals surface area contributed by atoms with Crippen molar-refractivity contribution >= 4 is 5.82 Å². The molecule has 0 aliphatic carbocycles. The van der Waals surface area contributed by atoms with Crippen molar-refractivity contribution in [3.8, 4) is 0 Å². The standard InChI is InChI=1S/C14H26N4O/c1-5-8-18(6-2)9-7-15-12-10-13(19)17-14(16-12)11(3)4/h10-11H,5-9H2,1-4H3,(H2,15,16,17,19). The van der Waals surface area contributed by atoms with Crippen LogP contribution < -0.4 is 10.9 Å². The van der Waals surface area contributed by atoms with Gasteiger partial charge < -0.3 is 15.2 Å². The van der Waals surface area contributed by atoms with Crippen LogP contribution in [0.25, 0.3) is 0 Å². The molecule has 0 spiro atoms. The molecule has 2 N–H and O–H groups in total. The van der Waals surface area contributed by atoms with E-state index >= 15 is 0 Å². The average molecular weight is 266 g/mol. The quantitative estimate of drug-likeness (QED) is 0.756. The maximum Gasteiger partial charge on any atom is 0.252 e. The number of rotatable bonds is 8. The third-order valence-corrected chi connectivity index (χ3v) is 3.03. The summed E-state index contributed by atoms with van der Waals surface area (Å²) in [6.45, 7) is 12.3. The van der Waals surface area contributed by atoms with Gasteiger partial charge in [0.1, 0.15) is 11.6 Å². The number of nitrogens with zero attached hydrogens (tertiary/aromatic N) is 2. The van der Waals surface area contributed by atoms with Crippen molar-refractivity contribution < 1.29 is 0 Å². The van der Waals surface area contributed by atoms with Crippen molar-refractivity contribution in [1.82, 2.24) is 14.9 Å². The molecule has 19 heavy (non-hydrogen) atoms. The number of H-pyrrole nitrogens is 1. The van der Waals surface area contributed by atoms with Crippen molar-refractivity contribution in [2.24, 2.45) is 0 Å². The van der Waals surface area contributed by atoms with Crippen molar-refractivity contribution in [2.75, 3.05) is 31.5 Å². The van der Waals surface area contributed by atoms with Crippen molar-refractivity contribution in [3.05, 3.63) is 22.2 Å². The minimum Gasteiger partial charge on any atom is -0.369 e. The summed E-state index contributed by atoms with van der Waals surface area (Å²) in [4.78, 5) is 21.1. The number of aromatic amines is 1. The molecule has 0 aromatic carbocycles. The van der Waals surface area contributed by atoms with Crippen LogP contribution in [0.15, 0.2) is 10.9 Å². The molecule has 0 fully saturated rings. The predicted octanol–water partition coefficient (Wildman–Crippen LogP) is 2.04. The summed E-state index contributed by atoms with van der Waals surface area (Å²) < 4.78 is 0. The van der Waals surface area contributed by atoms with Gasteiger partial charge in [0.25, 0.3) is 5.56 Å². The highest BCUT2D eigenvalue weighted by atomic mass is 16.1. The first-order valence-corrected chi connectivity index (χ1v) is 7.14. The van der Waals surface area contributed by atoms with E-state index in [1.54, 1.807) is 0 Å². The highest BCUT2D eigenvalue weighted by Crippen LogP contribution is 2.08. The number of anilines is 1. The molecule has 5 nitrogen and oxygen atoms in total. The molecule has 0 atom stereocenters. The van der Waals surface area contributed by atoms with E-state index in [1.165, 1.54) is 6.07 Å². The Balaban J connectivity index is 2.55. The fraction of sp³-hybridized carbons (Fsp3) is 0.714. The van der Waals surface area contributed by atoms with E-state index in [0.717, 1.165) is 38.4 Å². The topological polar surface area (TPSA) is 61.0 Å². The maximum atomic E-state index is 11.5. The van der Waals surface area contributed by atoms with Crippen molar-refractivity contribution in [1.29, 1.82) is 0 Å². The third-order valence-electron chi connectivity index (χ3n) is 3.03. The highest BCUT2D eigenvalue weighted by molar-refractivity contribution is 5.33. The Kier molecular flexibility index (Phi) is 6.56.